The fourth-order valence-corrected chi connectivity index (χ4v) is 2.92. The number of piperidine rings is 1. The Balaban J connectivity index is 1.77. The van der Waals surface area contributed by atoms with Gasteiger partial charge in [-0.2, -0.15) is 15.5 Å². The van der Waals surface area contributed by atoms with E-state index in [0.717, 1.165) is 42.9 Å². The van der Waals surface area contributed by atoms with Crippen LogP contribution in [0.4, 0.5) is 11.6 Å². The Morgan fingerprint density at radius 1 is 1.32 bits per heavy atom. The number of hydrogen-bond acceptors (Lipinski definition) is 6. The van der Waals surface area contributed by atoms with Gasteiger partial charge in [-0.25, -0.2) is 0 Å². The van der Waals surface area contributed by atoms with Gasteiger partial charge in [0, 0.05) is 30.8 Å². The van der Waals surface area contributed by atoms with Gasteiger partial charge in [-0.3, -0.25) is 5.10 Å². The number of aryl methyl sites for hydroxylation is 1. The van der Waals surface area contributed by atoms with E-state index in [2.05, 4.69) is 31.4 Å². The molecule has 1 aliphatic heterocycles. The highest BCUT2D eigenvalue weighted by Gasteiger charge is 2.25. The second kappa shape index (κ2) is 5.64. The molecule has 0 saturated carbocycles. The smallest absolute Gasteiger partial charge is 0.169 e. The van der Waals surface area contributed by atoms with Gasteiger partial charge >= 0.3 is 0 Å². The van der Waals surface area contributed by atoms with Gasteiger partial charge in [0.25, 0.3) is 0 Å². The minimum absolute atomic E-state index is 0.422. The monoisotopic (exact) mass is 297 g/mol. The molecule has 114 valence electrons. The summed E-state index contributed by atoms with van der Waals surface area (Å²) in [7, 11) is 0. The molecule has 22 heavy (non-hydrogen) atoms. The molecule has 3 heterocycles. The van der Waals surface area contributed by atoms with Gasteiger partial charge in [-0.15, -0.1) is 5.10 Å². The predicted molar refractivity (Wildman–Crippen MR) is 83.4 cm³/mol. The number of anilines is 2. The SMILES string of the molecule is Cc1nnc(N2CCC(c3cc(N)n[nH]3)CC2)c(C#N)c1C. The molecule has 2 aromatic heterocycles. The van der Waals surface area contributed by atoms with E-state index >= 15 is 0 Å². The Morgan fingerprint density at radius 2 is 2.05 bits per heavy atom. The van der Waals surface area contributed by atoms with Gasteiger partial charge in [-0.05, 0) is 32.3 Å². The molecule has 3 N–H and O–H groups in total. The molecule has 1 aliphatic rings. The lowest BCUT2D eigenvalue weighted by Crippen LogP contribution is -2.34. The molecule has 0 bridgehead atoms. The summed E-state index contributed by atoms with van der Waals surface area (Å²) in [5.74, 6) is 1.66. The molecule has 1 saturated heterocycles. The molecule has 0 amide bonds. The van der Waals surface area contributed by atoms with E-state index in [4.69, 9.17) is 5.73 Å². The van der Waals surface area contributed by atoms with Crippen LogP contribution < -0.4 is 10.6 Å². The highest BCUT2D eigenvalue weighted by molar-refractivity contribution is 5.57. The maximum atomic E-state index is 9.42. The first-order valence-corrected chi connectivity index (χ1v) is 7.40. The zero-order valence-corrected chi connectivity index (χ0v) is 12.8. The number of nitrogens with one attached hydrogen (secondary N) is 1. The Hall–Kier alpha value is -2.62. The number of aromatic amines is 1. The molecule has 0 unspecified atom stereocenters. The Kier molecular flexibility index (Phi) is 3.67. The van der Waals surface area contributed by atoms with E-state index in [-0.39, 0.29) is 0 Å². The largest absolute Gasteiger partial charge is 0.382 e. The van der Waals surface area contributed by atoms with Crippen molar-refractivity contribution in [2.75, 3.05) is 23.7 Å². The third kappa shape index (κ3) is 2.48. The van der Waals surface area contributed by atoms with Gasteiger partial charge in [0.2, 0.25) is 0 Å². The highest BCUT2D eigenvalue weighted by Crippen LogP contribution is 2.31. The van der Waals surface area contributed by atoms with Crippen molar-refractivity contribution in [2.45, 2.75) is 32.6 Å². The average Bonchev–Trinajstić information content (AvgIpc) is 2.96. The second-order valence-corrected chi connectivity index (χ2v) is 5.73. The molecule has 2 aromatic rings. The van der Waals surface area contributed by atoms with Crippen LogP contribution >= 0.6 is 0 Å². The fraction of sp³-hybridized carbons (Fsp3) is 0.467. The number of rotatable bonds is 2. The third-order valence-corrected chi connectivity index (χ3v) is 4.40. The van der Waals surface area contributed by atoms with Crippen LogP contribution in [0.1, 0.15) is 41.3 Å². The first-order valence-electron chi connectivity index (χ1n) is 7.40. The van der Waals surface area contributed by atoms with Crippen molar-refractivity contribution in [3.63, 3.8) is 0 Å². The van der Waals surface area contributed by atoms with Crippen LogP contribution in [-0.4, -0.2) is 33.5 Å². The maximum Gasteiger partial charge on any atom is 0.169 e. The summed E-state index contributed by atoms with van der Waals surface area (Å²) >= 11 is 0. The summed E-state index contributed by atoms with van der Waals surface area (Å²) in [5, 5.41) is 24.8. The molecular formula is C15H19N7. The van der Waals surface area contributed by atoms with Crippen molar-refractivity contribution in [3.8, 4) is 6.07 Å². The highest BCUT2D eigenvalue weighted by atomic mass is 15.3. The molecule has 7 nitrogen and oxygen atoms in total. The number of hydrogen-bond donors (Lipinski definition) is 2. The van der Waals surface area contributed by atoms with E-state index in [0.29, 0.717) is 23.1 Å². The van der Waals surface area contributed by atoms with Crippen LogP contribution in [0.25, 0.3) is 0 Å². The number of nitrogen functional groups attached to an aromatic ring is 1. The van der Waals surface area contributed by atoms with E-state index in [9.17, 15) is 5.26 Å². The van der Waals surface area contributed by atoms with Crippen molar-refractivity contribution in [3.05, 3.63) is 28.6 Å². The van der Waals surface area contributed by atoms with Gasteiger partial charge in [0.15, 0.2) is 5.82 Å². The summed E-state index contributed by atoms with van der Waals surface area (Å²) < 4.78 is 0. The van der Waals surface area contributed by atoms with E-state index < -0.39 is 0 Å². The number of aromatic nitrogens is 4. The summed E-state index contributed by atoms with van der Waals surface area (Å²) in [5.41, 5.74) is 9.11. The predicted octanol–water partition coefficient (Wildman–Crippen LogP) is 1.65. The normalized spacial score (nSPS) is 15.8. The van der Waals surface area contributed by atoms with Crippen LogP contribution in [0.3, 0.4) is 0 Å². The van der Waals surface area contributed by atoms with Crippen molar-refractivity contribution in [2.24, 2.45) is 0 Å². The molecular weight excluding hydrogens is 278 g/mol. The first-order chi connectivity index (χ1) is 10.6. The topological polar surface area (TPSA) is 108 Å². The summed E-state index contributed by atoms with van der Waals surface area (Å²) in [6.45, 7) is 5.49. The molecule has 1 fully saturated rings. The van der Waals surface area contributed by atoms with Gasteiger partial charge < -0.3 is 10.6 Å². The summed E-state index contributed by atoms with van der Waals surface area (Å²) in [4.78, 5) is 2.15. The third-order valence-electron chi connectivity index (χ3n) is 4.40. The zero-order valence-electron chi connectivity index (χ0n) is 12.8. The molecule has 0 aromatic carbocycles. The number of nitriles is 1. The molecule has 7 heteroatoms. The summed E-state index contributed by atoms with van der Waals surface area (Å²) in [6.07, 6.45) is 1.95. The zero-order chi connectivity index (χ0) is 15.7. The minimum atomic E-state index is 0.422. The molecule has 3 rings (SSSR count). The number of nitrogens with zero attached hydrogens (tertiary/aromatic N) is 5. The molecule has 0 spiro atoms. The Labute approximate surface area is 129 Å². The van der Waals surface area contributed by atoms with Crippen LogP contribution in [0.2, 0.25) is 0 Å². The van der Waals surface area contributed by atoms with Crippen molar-refractivity contribution in [1.82, 2.24) is 20.4 Å². The fourth-order valence-electron chi connectivity index (χ4n) is 2.92. The van der Waals surface area contributed by atoms with Crippen LogP contribution in [-0.2, 0) is 0 Å². The molecule has 0 radical (unpaired) electrons. The second-order valence-electron chi connectivity index (χ2n) is 5.73. The lowest BCUT2D eigenvalue weighted by Gasteiger charge is -2.32. The van der Waals surface area contributed by atoms with Crippen molar-refractivity contribution in [1.29, 1.82) is 5.26 Å². The van der Waals surface area contributed by atoms with Crippen molar-refractivity contribution < 1.29 is 0 Å². The lowest BCUT2D eigenvalue weighted by atomic mass is 9.93. The molecule has 0 atom stereocenters. The quantitative estimate of drug-likeness (QED) is 0.872. The first kappa shape index (κ1) is 14.3. The molecule has 0 aliphatic carbocycles. The Morgan fingerprint density at radius 3 is 2.64 bits per heavy atom. The van der Waals surface area contributed by atoms with E-state index in [1.807, 2.05) is 19.9 Å². The van der Waals surface area contributed by atoms with E-state index in [1.54, 1.807) is 0 Å². The van der Waals surface area contributed by atoms with Gasteiger partial charge in [-0.1, -0.05) is 0 Å². The maximum absolute atomic E-state index is 9.42. The van der Waals surface area contributed by atoms with Gasteiger partial charge in [0.05, 0.1) is 5.69 Å². The number of nitrogens with two attached hydrogens (primary N) is 1. The van der Waals surface area contributed by atoms with E-state index in [1.165, 1.54) is 0 Å². The van der Waals surface area contributed by atoms with Gasteiger partial charge in [0.1, 0.15) is 17.5 Å². The number of H-pyrrole nitrogens is 1. The standard InChI is InChI=1S/C15H19N7/c1-9-10(2)18-21-15(12(9)8-16)22-5-3-11(4-6-22)13-7-14(17)20-19-13/h7,11H,3-6H2,1-2H3,(H3,17,19,20). The average molecular weight is 297 g/mol. The minimum Gasteiger partial charge on any atom is -0.382 e. The van der Waals surface area contributed by atoms with Crippen LogP contribution in [0, 0.1) is 25.2 Å². The van der Waals surface area contributed by atoms with Crippen molar-refractivity contribution >= 4 is 11.6 Å². The van der Waals surface area contributed by atoms with Crippen LogP contribution in [0.5, 0.6) is 0 Å². The van der Waals surface area contributed by atoms with Crippen LogP contribution in [0.15, 0.2) is 6.07 Å². The lowest BCUT2D eigenvalue weighted by molar-refractivity contribution is 0.491. The summed E-state index contributed by atoms with van der Waals surface area (Å²) in [6, 6.07) is 4.17. The Bertz CT molecular complexity index is 720.